The fraction of sp³-hybridized carbons (Fsp3) is 0.714. The highest BCUT2D eigenvalue weighted by atomic mass is 16.6. The fourth-order valence-corrected chi connectivity index (χ4v) is 1.14. The van der Waals surface area contributed by atoms with E-state index in [0.717, 1.165) is 0 Å². The van der Waals surface area contributed by atoms with Crippen LogP contribution < -0.4 is 0 Å². The number of rotatable bonds is 2. The predicted molar refractivity (Wildman–Crippen MR) is 35.9 cm³/mol. The highest BCUT2D eigenvalue weighted by Crippen LogP contribution is 2.46. The van der Waals surface area contributed by atoms with Gasteiger partial charge in [-0.15, -0.1) is 0 Å². The van der Waals surface area contributed by atoms with Gasteiger partial charge in [0, 0.05) is 19.3 Å². The molecule has 0 radical (unpaired) electrons. The Morgan fingerprint density at radius 2 is 2.09 bits per heavy atom. The number of carbonyl (C=O) groups excluding carboxylic acids is 1. The summed E-state index contributed by atoms with van der Waals surface area (Å²) in [6.45, 7) is 2.97. The first-order valence-electron chi connectivity index (χ1n) is 3.42. The van der Waals surface area contributed by atoms with E-state index in [1.165, 1.54) is 6.92 Å². The average molecular weight is 158 g/mol. The molecule has 0 saturated heterocycles. The molecule has 1 aliphatic rings. The molecule has 4 heteroatoms. The minimum atomic E-state index is -1.20. The molecule has 1 N–H and O–H groups in total. The molecule has 1 saturated carbocycles. The molecule has 0 aromatic carbocycles. The summed E-state index contributed by atoms with van der Waals surface area (Å²) in [5.74, 6) is -1.62. The molecule has 0 aromatic rings. The summed E-state index contributed by atoms with van der Waals surface area (Å²) in [5.41, 5.74) is -1.20. The normalized spacial score (nSPS) is 34.5. The van der Waals surface area contributed by atoms with E-state index in [4.69, 9.17) is 5.11 Å². The van der Waals surface area contributed by atoms with Crippen molar-refractivity contribution in [2.75, 3.05) is 0 Å². The molecule has 4 nitrogen and oxygen atoms in total. The zero-order chi connectivity index (χ0) is 8.65. The van der Waals surface area contributed by atoms with Gasteiger partial charge in [-0.05, 0) is 0 Å². The van der Waals surface area contributed by atoms with Crippen LogP contribution in [0.1, 0.15) is 20.3 Å². The van der Waals surface area contributed by atoms with Gasteiger partial charge < -0.3 is 9.84 Å². The zero-order valence-electron chi connectivity index (χ0n) is 6.46. The van der Waals surface area contributed by atoms with Crippen LogP contribution in [0.4, 0.5) is 0 Å². The minimum Gasteiger partial charge on any atom is -0.478 e. The van der Waals surface area contributed by atoms with Crippen LogP contribution in [-0.4, -0.2) is 22.6 Å². The highest BCUT2D eigenvalue weighted by molar-refractivity contribution is 5.85. The number of carboxylic acid groups (broad SMARTS) is 1. The first kappa shape index (κ1) is 8.04. The molecule has 0 spiro atoms. The van der Waals surface area contributed by atoms with E-state index in [1.54, 1.807) is 6.92 Å². The van der Waals surface area contributed by atoms with Crippen molar-refractivity contribution in [2.24, 2.45) is 5.92 Å². The lowest BCUT2D eigenvalue weighted by atomic mass is 10.3. The van der Waals surface area contributed by atoms with Crippen LogP contribution in [0, 0.1) is 5.92 Å². The number of aliphatic carboxylic acids is 1. The van der Waals surface area contributed by atoms with Gasteiger partial charge in [-0.3, -0.25) is 4.79 Å². The molecule has 11 heavy (non-hydrogen) atoms. The lowest BCUT2D eigenvalue weighted by Gasteiger charge is -2.10. The third kappa shape index (κ3) is 1.20. The summed E-state index contributed by atoms with van der Waals surface area (Å²) in [6.07, 6.45) is 0.432. The van der Waals surface area contributed by atoms with Crippen molar-refractivity contribution in [1.29, 1.82) is 0 Å². The molecule has 1 aliphatic carbocycles. The van der Waals surface area contributed by atoms with Gasteiger partial charge >= 0.3 is 11.9 Å². The maximum absolute atomic E-state index is 10.6. The maximum Gasteiger partial charge on any atom is 0.348 e. The smallest absolute Gasteiger partial charge is 0.348 e. The summed E-state index contributed by atoms with van der Waals surface area (Å²) in [7, 11) is 0. The molecule has 0 bridgehead atoms. The monoisotopic (exact) mass is 158 g/mol. The Morgan fingerprint density at radius 1 is 1.64 bits per heavy atom. The zero-order valence-corrected chi connectivity index (χ0v) is 6.46. The number of carbonyl (C=O) groups is 2. The molecule has 1 rings (SSSR count). The van der Waals surface area contributed by atoms with Crippen molar-refractivity contribution in [3.05, 3.63) is 0 Å². The van der Waals surface area contributed by atoms with E-state index in [-0.39, 0.29) is 5.92 Å². The molecule has 0 heterocycles. The summed E-state index contributed by atoms with van der Waals surface area (Å²) < 4.78 is 4.68. The molecule has 0 aromatic heterocycles. The van der Waals surface area contributed by atoms with Gasteiger partial charge in [-0.1, -0.05) is 6.92 Å². The third-order valence-corrected chi connectivity index (χ3v) is 1.93. The van der Waals surface area contributed by atoms with Crippen LogP contribution in [0.5, 0.6) is 0 Å². The Kier molecular flexibility index (Phi) is 1.62. The van der Waals surface area contributed by atoms with E-state index in [9.17, 15) is 9.59 Å². The molecule has 1 fully saturated rings. The molecule has 0 aliphatic heterocycles. The second kappa shape index (κ2) is 2.22. The largest absolute Gasteiger partial charge is 0.478 e. The van der Waals surface area contributed by atoms with Crippen LogP contribution in [0.3, 0.4) is 0 Å². The lowest BCUT2D eigenvalue weighted by Crippen LogP contribution is -2.29. The number of carboxylic acids is 1. The second-order valence-electron chi connectivity index (χ2n) is 2.89. The Bertz CT molecular complexity index is 210. The van der Waals surface area contributed by atoms with Crippen molar-refractivity contribution < 1.29 is 19.4 Å². The number of esters is 1. The molecule has 0 unspecified atom stereocenters. The third-order valence-electron chi connectivity index (χ3n) is 1.93. The number of ether oxygens (including phenoxy) is 1. The van der Waals surface area contributed by atoms with Crippen molar-refractivity contribution in [2.45, 2.75) is 25.9 Å². The molecule has 62 valence electrons. The average Bonchev–Trinajstić information content (AvgIpc) is 2.41. The van der Waals surface area contributed by atoms with Gasteiger partial charge in [-0.25, -0.2) is 4.79 Å². The maximum atomic E-state index is 10.6. The Morgan fingerprint density at radius 3 is 2.18 bits per heavy atom. The van der Waals surface area contributed by atoms with E-state index < -0.39 is 17.5 Å². The van der Waals surface area contributed by atoms with Gasteiger partial charge in [0.2, 0.25) is 5.60 Å². The van der Waals surface area contributed by atoms with Crippen LogP contribution in [-0.2, 0) is 14.3 Å². The van der Waals surface area contributed by atoms with Crippen LogP contribution in [0.15, 0.2) is 0 Å². The summed E-state index contributed by atoms with van der Waals surface area (Å²) in [4.78, 5) is 21.0. The van der Waals surface area contributed by atoms with Crippen LogP contribution in [0.2, 0.25) is 0 Å². The Balaban J connectivity index is 2.65. The number of hydrogen-bond donors (Lipinski definition) is 1. The Hall–Kier alpha value is -1.06. The second-order valence-corrected chi connectivity index (χ2v) is 2.89. The van der Waals surface area contributed by atoms with Crippen molar-refractivity contribution in [3.8, 4) is 0 Å². The van der Waals surface area contributed by atoms with Crippen molar-refractivity contribution in [3.63, 3.8) is 0 Å². The van der Waals surface area contributed by atoms with Gasteiger partial charge in [0.05, 0.1) is 0 Å². The van der Waals surface area contributed by atoms with E-state index in [0.29, 0.717) is 6.42 Å². The minimum absolute atomic E-state index is 0.0519. The predicted octanol–water partition coefficient (Wildman–Crippen LogP) is 0.413. The van der Waals surface area contributed by atoms with Gasteiger partial charge in [0.15, 0.2) is 0 Å². The highest BCUT2D eigenvalue weighted by Gasteiger charge is 2.61. The lowest BCUT2D eigenvalue weighted by molar-refractivity contribution is -0.166. The van der Waals surface area contributed by atoms with Crippen LogP contribution >= 0.6 is 0 Å². The molecular formula is C7H10O4. The van der Waals surface area contributed by atoms with Gasteiger partial charge in [0.1, 0.15) is 0 Å². The Labute approximate surface area is 64.2 Å². The standard InChI is InChI=1S/C7H10O4/c1-4-3-7(4,6(9)10)11-5(2)8/h4H,3H2,1-2H3,(H,9,10)/t4-,7+/m1/s1. The van der Waals surface area contributed by atoms with E-state index in [1.807, 2.05) is 0 Å². The van der Waals surface area contributed by atoms with Gasteiger partial charge in [-0.2, -0.15) is 0 Å². The first-order chi connectivity index (χ1) is 4.99. The summed E-state index contributed by atoms with van der Waals surface area (Å²) >= 11 is 0. The number of hydrogen-bond acceptors (Lipinski definition) is 3. The van der Waals surface area contributed by atoms with Crippen LogP contribution in [0.25, 0.3) is 0 Å². The summed E-state index contributed by atoms with van der Waals surface area (Å²) in [5, 5.41) is 8.65. The summed E-state index contributed by atoms with van der Waals surface area (Å²) in [6, 6.07) is 0. The van der Waals surface area contributed by atoms with E-state index >= 15 is 0 Å². The van der Waals surface area contributed by atoms with Gasteiger partial charge in [0.25, 0.3) is 0 Å². The molecule has 2 atom stereocenters. The quantitative estimate of drug-likeness (QED) is 0.591. The first-order valence-corrected chi connectivity index (χ1v) is 3.42. The van der Waals surface area contributed by atoms with Crippen molar-refractivity contribution >= 4 is 11.9 Å². The van der Waals surface area contributed by atoms with E-state index in [2.05, 4.69) is 4.74 Å². The topological polar surface area (TPSA) is 63.6 Å². The molecular weight excluding hydrogens is 148 g/mol. The van der Waals surface area contributed by atoms with Crippen molar-refractivity contribution in [1.82, 2.24) is 0 Å². The SMILES string of the molecule is CC(=O)O[C@@]1(C(=O)O)C[C@H]1C. The molecule has 0 amide bonds. The fourth-order valence-electron chi connectivity index (χ4n) is 1.14.